The van der Waals surface area contributed by atoms with Gasteiger partial charge in [0.1, 0.15) is 17.7 Å². The molecule has 1 aromatic rings. The molecule has 0 saturated heterocycles. The predicted octanol–water partition coefficient (Wildman–Crippen LogP) is 4.41. The molecule has 0 saturated carbocycles. The highest BCUT2D eigenvalue weighted by atomic mass is 16.6. The second kappa shape index (κ2) is 13.0. The molecule has 0 spiro atoms. The van der Waals surface area contributed by atoms with Crippen molar-refractivity contribution in [3.05, 3.63) is 35.4 Å². The molecule has 3 amide bonds. The Labute approximate surface area is 205 Å². The summed E-state index contributed by atoms with van der Waals surface area (Å²) >= 11 is 0. The molecule has 0 fully saturated rings. The maximum Gasteiger partial charge on any atom is 0.408 e. The molecule has 0 radical (unpaired) electrons. The number of nitrogens with one attached hydrogen (secondary N) is 2. The van der Waals surface area contributed by atoms with Gasteiger partial charge in [0, 0.05) is 18.7 Å². The molecule has 0 heterocycles. The van der Waals surface area contributed by atoms with E-state index in [1.165, 1.54) is 4.90 Å². The molecule has 0 bridgehead atoms. The summed E-state index contributed by atoms with van der Waals surface area (Å²) in [5, 5.41) is 5.70. The Kier molecular flexibility index (Phi) is 11.1. The Morgan fingerprint density at radius 3 is 2.26 bits per heavy atom. The average Bonchev–Trinajstić information content (AvgIpc) is 2.71. The van der Waals surface area contributed by atoms with Crippen molar-refractivity contribution >= 4 is 17.9 Å². The summed E-state index contributed by atoms with van der Waals surface area (Å²) in [4.78, 5) is 40.9. The number of amides is 3. The minimum absolute atomic E-state index is 0.0622. The number of hydrogen-bond acceptors (Lipinski definition) is 4. The molecule has 34 heavy (non-hydrogen) atoms. The van der Waals surface area contributed by atoms with Gasteiger partial charge >= 0.3 is 6.09 Å². The van der Waals surface area contributed by atoms with E-state index in [4.69, 9.17) is 11.2 Å². The number of carbonyl (C=O) groups is 3. The molecule has 1 aromatic carbocycles. The fourth-order valence-corrected chi connectivity index (χ4v) is 3.74. The van der Waals surface area contributed by atoms with Gasteiger partial charge in [-0.3, -0.25) is 9.59 Å². The van der Waals surface area contributed by atoms with Gasteiger partial charge in [0.25, 0.3) is 0 Å². The largest absolute Gasteiger partial charge is 0.444 e. The fraction of sp³-hybridized carbons (Fsp3) is 0.593. The van der Waals surface area contributed by atoms with Crippen LogP contribution in [0.3, 0.4) is 0 Å². The summed E-state index contributed by atoms with van der Waals surface area (Å²) in [5.74, 6) is 2.02. The SMILES string of the molecule is C#Cc1ccccc1C(C(=O)NC(C)CCC)N(C)C(=O)C(CC(C)C)NC(=O)OC(C)(C)C. The van der Waals surface area contributed by atoms with E-state index in [1.807, 2.05) is 27.7 Å². The van der Waals surface area contributed by atoms with E-state index >= 15 is 0 Å². The highest BCUT2D eigenvalue weighted by Gasteiger charge is 2.35. The lowest BCUT2D eigenvalue weighted by molar-refractivity contribution is -0.141. The van der Waals surface area contributed by atoms with E-state index in [2.05, 4.69) is 16.6 Å². The van der Waals surface area contributed by atoms with Crippen LogP contribution in [0, 0.1) is 18.3 Å². The summed E-state index contributed by atoms with van der Waals surface area (Å²) in [6, 6.07) is 5.21. The second-order valence-electron chi connectivity index (χ2n) is 10.1. The van der Waals surface area contributed by atoms with Gasteiger partial charge in [-0.2, -0.15) is 0 Å². The first-order valence-corrected chi connectivity index (χ1v) is 11.9. The lowest BCUT2D eigenvalue weighted by Gasteiger charge is -2.33. The summed E-state index contributed by atoms with van der Waals surface area (Å²) in [7, 11) is 1.56. The van der Waals surface area contributed by atoms with Crippen molar-refractivity contribution in [3.8, 4) is 12.3 Å². The van der Waals surface area contributed by atoms with E-state index in [1.54, 1.807) is 52.1 Å². The minimum Gasteiger partial charge on any atom is -0.444 e. The minimum atomic E-state index is -0.950. The number of nitrogens with zero attached hydrogens (tertiary/aromatic N) is 1. The van der Waals surface area contributed by atoms with Crippen molar-refractivity contribution in [2.75, 3.05) is 7.05 Å². The Morgan fingerprint density at radius 2 is 1.74 bits per heavy atom. The number of rotatable bonds is 10. The third-order valence-electron chi connectivity index (χ3n) is 5.20. The first kappa shape index (κ1) is 29.0. The van der Waals surface area contributed by atoms with Gasteiger partial charge in [-0.05, 0) is 58.1 Å². The number of alkyl carbamates (subject to hydrolysis) is 1. The van der Waals surface area contributed by atoms with E-state index in [0.29, 0.717) is 17.5 Å². The number of hydrogen-bond donors (Lipinski definition) is 2. The van der Waals surface area contributed by atoms with Crippen molar-refractivity contribution in [1.29, 1.82) is 0 Å². The Balaban J connectivity index is 3.34. The van der Waals surface area contributed by atoms with Crippen LogP contribution in [0.5, 0.6) is 0 Å². The van der Waals surface area contributed by atoms with Crippen LogP contribution in [0.1, 0.15) is 84.9 Å². The number of likely N-dealkylation sites (N-methyl/N-ethyl adjacent to an activating group) is 1. The lowest BCUT2D eigenvalue weighted by Crippen LogP contribution is -2.52. The molecular weight excluding hydrogens is 430 g/mol. The summed E-state index contributed by atoms with van der Waals surface area (Å²) in [6.45, 7) is 13.2. The van der Waals surface area contributed by atoms with Crippen LogP contribution in [0.4, 0.5) is 4.79 Å². The third-order valence-corrected chi connectivity index (χ3v) is 5.20. The van der Waals surface area contributed by atoms with Gasteiger partial charge in [0.05, 0.1) is 0 Å². The molecule has 0 aliphatic heterocycles. The number of ether oxygens (including phenoxy) is 1. The van der Waals surface area contributed by atoms with E-state index < -0.39 is 29.7 Å². The molecule has 0 aromatic heterocycles. The molecule has 2 N–H and O–H groups in total. The number of benzene rings is 1. The van der Waals surface area contributed by atoms with Crippen LogP contribution in [-0.2, 0) is 14.3 Å². The van der Waals surface area contributed by atoms with Gasteiger partial charge in [-0.15, -0.1) is 6.42 Å². The van der Waals surface area contributed by atoms with Gasteiger partial charge in [-0.1, -0.05) is 51.3 Å². The van der Waals surface area contributed by atoms with Gasteiger partial charge in [0.2, 0.25) is 11.8 Å². The van der Waals surface area contributed by atoms with Crippen LogP contribution in [0.25, 0.3) is 0 Å². The fourth-order valence-electron chi connectivity index (χ4n) is 3.74. The first-order valence-electron chi connectivity index (χ1n) is 11.9. The van der Waals surface area contributed by atoms with Crippen LogP contribution < -0.4 is 10.6 Å². The molecule has 3 atom stereocenters. The zero-order valence-corrected chi connectivity index (χ0v) is 21.9. The van der Waals surface area contributed by atoms with Gasteiger partial charge in [-0.25, -0.2) is 4.79 Å². The van der Waals surface area contributed by atoms with Gasteiger partial charge < -0.3 is 20.3 Å². The highest BCUT2D eigenvalue weighted by molar-refractivity contribution is 5.92. The second-order valence-corrected chi connectivity index (χ2v) is 10.1. The molecule has 0 aliphatic carbocycles. The van der Waals surface area contributed by atoms with Crippen molar-refractivity contribution in [2.45, 2.75) is 91.5 Å². The number of terminal acetylenes is 1. The first-order chi connectivity index (χ1) is 15.8. The zero-order valence-electron chi connectivity index (χ0n) is 21.9. The van der Waals surface area contributed by atoms with Crippen molar-refractivity contribution in [2.24, 2.45) is 5.92 Å². The molecule has 7 heteroatoms. The monoisotopic (exact) mass is 471 g/mol. The average molecular weight is 472 g/mol. The molecule has 7 nitrogen and oxygen atoms in total. The topological polar surface area (TPSA) is 87.7 Å². The smallest absolute Gasteiger partial charge is 0.408 e. The molecule has 3 unspecified atom stereocenters. The van der Waals surface area contributed by atoms with Crippen LogP contribution in [0.2, 0.25) is 0 Å². The van der Waals surface area contributed by atoms with Crippen molar-refractivity contribution < 1.29 is 19.1 Å². The van der Waals surface area contributed by atoms with E-state index in [-0.39, 0.29) is 17.9 Å². The molecular formula is C27H41N3O4. The quantitative estimate of drug-likeness (QED) is 0.495. The Hall–Kier alpha value is -3.01. The van der Waals surface area contributed by atoms with Crippen molar-refractivity contribution in [3.63, 3.8) is 0 Å². The standard InChI is InChI=1S/C27H41N3O4/c1-10-14-19(5)28-24(31)23(21-16-13-12-15-20(21)11-2)30(9)25(32)22(17-18(3)4)29-26(33)34-27(6,7)8/h2,12-13,15-16,18-19,22-23H,10,14,17H2,1,3-9H3,(H,28,31)(H,29,33). The van der Waals surface area contributed by atoms with Gasteiger partial charge in [0.15, 0.2) is 0 Å². The lowest BCUT2D eigenvalue weighted by atomic mass is 9.96. The highest BCUT2D eigenvalue weighted by Crippen LogP contribution is 2.25. The maximum atomic E-state index is 13.6. The summed E-state index contributed by atoms with van der Waals surface area (Å²) in [5.41, 5.74) is 0.388. The molecule has 188 valence electrons. The molecule has 0 aliphatic rings. The summed E-state index contributed by atoms with van der Waals surface area (Å²) in [6.07, 6.45) is 7.14. The normalized spacial score (nSPS) is 13.9. The van der Waals surface area contributed by atoms with E-state index in [9.17, 15) is 14.4 Å². The van der Waals surface area contributed by atoms with Crippen LogP contribution in [0.15, 0.2) is 24.3 Å². The van der Waals surface area contributed by atoms with Crippen LogP contribution >= 0.6 is 0 Å². The van der Waals surface area contributed by atoms with Crippen LogP contribution in [-0.4, -0.2) is 47.5 Å². The third kappa shape index (κ3) is 9.09. The Morgan fingerprint density at radius 1 is 1.12 bits per heavy atom. The zero-order chi connectivity index (χ0) is 26.1. The Bertz CT molecular complexity index is 883. The number of carbonyl (C=O) groups excluding carboxylic acids is 3. The predicted molar refractivity (Wildman–Crippen MR) is 135 cm³/mol. The summed E-state index contributed by atoms with van der Waals surface area (Å²) < 4.78 is 5.36. The molecule has 1 rings (SSSR count). The van der Waals surface area contributed by atoms with E-state index in [0.717, 1.165) is 12.8 Å². The maximum absolute atomic E-state index is 13.6. The van der Waals surface area contributed by atoms with Crippen molar-refractivity contribution in [1.82, 2.24) is 15.5 Å².